The fraction of sp³-hybridized carbons (Fsp3) is 0.118. The van der Waals surface area contributed by atoms with Crippen molar-refractivity contribution in [2.75, 3.05) is 0 Å². The summed E-state index contributed by atoms with van der Waals surface area (Å²) in [5.41, 5.74) is -0.204. The minimum absolute atomic E-state index is 0.0876. The second kappa shape index (κ2) is 6.72. The molecular weight excluding hydrogens is 355 g/mol. The third-order valence-corrected chi connectivity index (χ3v) is 4.74. The normalized spacial score (nSPS) is 11.8. The predicted octanol–water partition coefficient (Wildman–Crippen LogP) is 3.53. The Hall–Kier alpha value is -2.61. The lowest BCUT2D eigenvalue weighted by atomic mass is 10.1. The number of carbonyl (C=O) groups is 1. The molecule has 0 unspecified atom stereocenters. The van der Waals surface area contributed by atoms with Crippen LogP contribution in [0.5, 0.6) is 0 Å². The third kappa shape index (κ3) is 4.48. The quantitative estimate of drug-likeness (QED) is 0.839. The van der Waals surface area contributed by atoms with Gasteiger partial charge in [-0.25, -0.2) is 13.1 Å². The fourth-order valence-corrected chi connectivity index (χ4v) is 2.93. The summed E-state index contributed by atoms with van der Waals surface area (Å²) in [7, 11) is -4.10. The van der Waals surface area contributed by atoms with E-state index in [9.17, 15) is 26.4 Å². The van der Waals surface area contributed by atoms with Gasteiger partial charge in [0.2, 0.25) is 0 Å². The summed E-state index contributed by atoms with van der Waals surface area (Å²) in [6.45, 7) is 5.23. The highest BCUT2D eigenvalue weighted by molar-refractivity contribution is 7.90. The van der Waals surface area contributed by atoms with Gasteiger partial charge in [0.1, 0.15) is 0 Å². The van der Waals surface area contributed by atoms with Crippen LogP contribution in [0.15, 0.2) is 60.0 Å². The Morgan fingerprint density at radius 2 is 1.52 bits per heavy atom. The topological polar surface area (TPSA) is 63.2 Å². The zero-order valence-corrected chi connectivity index (χ0v) is 13.9. The first kappa shape index (κ1) is 18.7. The van der Waals surface area contributed by atoms with E-state index in [0.717, 1.165) is 29.8 Å². The Balaban J connectivity index is 2.17. The van der Waals surface area contributed by atoms with Crippen LogP contribution >= 0.6 is 0 Å². The average Bonchev–Trinajstić information content (AvgIpc) is 2.53. The molecular formula is C17H14F3NO3S. The van der Waals surface area contributed by atoms with Gasteiger partial charge in [-0.05, 0) is 36.8 Å². The summed E-state index contributed by atoms with van der Waals surface area (Å²) in [6.07, 6.45) is -4.50. The van der Waals surface area contributed by atoms with E-state index in [0.29, 0.717) is 0 Å². The molecule has 0 aliphatic carbocycles. The summed E-state index contributed by atoms with van der Waals surface area (Å²) in [5.74, 6) is -1.01. The highest BCUT2D eigenvalue weighted by atomic mass is 32.2. The molecule has 0 heterocycles. The molecule has 0 spiro atoms. The maximum atomic E-state index is 12.5. The molecule has 0 aliphatic rings. The Morgan fingerprint density at radius 1 is 1.00 bits per heavy atom. The van der Waals surface area contributed by atoms with Crippen LogP contribution in [0.3, 0.4) is 0 Å². The lowest BCUT2D eigenvalue weighted by Gasteiger charge is -2.11. The molecule has 132 valence electrons. The van der Waals surface area contributed by atoms with E-state index < -0.39 is 27.7 Å². The van der Waals surface area contributed by atoms with Crippen molar-refractivity contribution in [2.45, 2.75) is 18.0 Å². The van der Waals surface area contributed by atoms with Crippen molar-refractivity contribution >= 4 is 21.5 Å². The first-order valence-corrected chi connectivity index (χ1v) is 8.49. The maximum absolute atomic E-state index is 12.5. The molecule has 0 aromatic heterocycles. The van der Waals surface area contributed by atoms with Crippen molar-refractivity contribution in [3.63, 3.8) is 0 Å². The van der Waals surface area contributed by atoms with Gasteiger partial charge in [-0.2, -0.15) is 13.2 Å². The van der Waals surface area contributed by atoms with Gasteiger partial charge < -0.3 is 0 Å². The average molecular weight is 369 g/mol. The number of nitrogens with one attached hydrogen (secondary N) is 1. The second-order valence-electron chi connectivity index (χ2n) is 5.30. The molecule has 0 fully saturated rings. The molecule has 0 saturated heterocycles. The first-order valence-electron chi connectivity index (χ1n) is 7.01. The van der Waals surface area contributed by atoms with Crippen LogP contribution in [-0.4, -0.2) is 14.3 Å². The first-order chi connectivity index (χ1) is 11.5. The van der Waals surface area contributed by atoms with Crippen LogP contribution in [0.25, 0.3) is 5.57 Å². The molecule has 8 heteroatoms. The summed E-state index contributed by atoms with van der Waals surface area (Å²) in [4.78, 5) is 12.0. The Kier molecular flexibility index (Phi) is 5.03. The van der Waals surface area contributed by atoms with E-state index in [1.54, 1.807) is 19.1 Å². The molecule has 2 rings (SSSR count). The minimum Gasteiger partial charge on any atom is -0.268 e. The van der Waals surface area contributed by atoms with E-state index in [2.05, 4.69) is 6.58 Å². The molecule has 2 aromatic rings. The van der Waals surface area contributed by atoms with Crippen molar-refractivity contribution in [3.8, 4) is 0 Å². The van der Waals surface area contributed by atoms with Crippen molar-refractivity contribution in [1.29, 1.82) is 0 Å². The molecule has 2 aromatic carbocycles. The summed E-state index contributed by atoms with van der Waals surface area (Å²) < 4.78 is 63.8. The number of sulfonamides is 1. The van der Waals surface area contributed by atoms with Gasteiger partial charge in [0.05, 0.1) is 10.5 Å². The summed E-state index contributed by atoms with van der Waals surface area (Å²) in [5, 5.41) is 0. The standard InChI is InChI=1S/C17H14F3NO3S/c1-11-3-9-15(10-4-11)25(23,24)21-16(22)12(2)13-5-7-14(8-6-13)17(18,19)20/h3-10H,2H2,1H3,(H,21,22). The number of hydrogen-bond donors (Lipinski definition) is 1. The van der Waals surface area contributed by atoms with Gasteiger partial charge in [-0.3, -0.25) is 4.79 Å². The van der Waals surface area contributed by atoms with Crippen LogP contribution in [0, 0.1) is 6.92 Å². The largest absolute Gasteiger partial charge is 0.416 e. The van der Waals surface area contributed by atoms with Crippen molar-refractivity contribution in [3.05, 3.63) is 71.8 Å². The number of alkyl halides is 3. The van der Waals surface area contributed by atoms with Gasteiger partial charge in [0, 0.05) is 5.57 Å². The number of benzene rings is 2. The molecule has 0 aliphatic heterocycles. The number of hydrogen-bond acceptors (Lipinski definition) is 3. The zero-order valence-electron chi connectivity index (χ0n) is 13.1. The maximum Gasteiger partial charge on any atom is 0.416 e. The lowest BCUT2D eigenvalue weighted by molar-refractivity contribution is -0.137. The monoisotopic (exact) mass is 369 g/mol. The molecule has 0 bridgehead atoms. The summed E-state index contributed by atoms with van der Waals surface area (Å²) >= 11 is 0. The third-order valence-electron chi connectivity index (χ3n) is 3.39. The van der Waals surface area contributed by atoms with Crippen LogP contribution in [0.2, 0.25) is 0 Å². The zero-order chi connectivity index (χ0) is 18.8. The van der Waals surface area contributed by atoms with Gasteiger partial charge in [0.15, 0.2) is 0 Å². The van der Waals surface area contributed by atoms with Crippen molar-refractivity contribution < 1.29 is 26.4 Å². The van der Waals surface area contributed by atoms with Gasteiger partial charge in [-0.1, -0.05) is 36.4 Å². The van der Waals surface area contributed by atoms with Crippen molar-refractivity contribution in [1.82, 2.24) is 4.72 Å². The minimum atomic E-state index is -4.50. The Labute approximate surface area is 143 Å². The molecule has 0 saturated carbocycles. The number of rotatable bonds is 4. The number of carbonyl (C=O) groups excluding carboxylic acids is 1. The SMILES string of the molecule is C=C(C(=O)NS(=O)(=O)c1ccc(C)cc1)c1ccc(C(F)(F)F)cc1. The Bertz CT molecular complexity index is 900. The molecule has 1 N–H and O–H groups in total. The van der Waals surface area contributed by atoms with Crippen LogP contribution in [-0.2, 0) is 21.0 Å². The van der Waals surface area contributed by atoms with E-state index in [1.165, 1.54) is 12.1 Å². The highest BCUT2D eigenvalue weighted by Gasteiger charge is 2.30. The molecule has 0 atom stereocenters. The molecule has 4 nitrogen and oxygen atoms in total. The van der Waals surface area contributed by atoms with Gasteiger partial charge in [-0.15, -0.1) is 0 Å². The van der Waals surface area contributed by atoms with Gasteiger partial charge in [0.25, 0.3) is 15.9 Å². The smallest absolute Gasteiger partial charge is 0.268 e. The van der Waals surface area contributed by atoms with Crippen LogP contribution in [0.4, 0.5) is 13.2 Å². The molecule has 0 radical (unpaired) electrons. The second-order valence-corrected chi connectivity index (χ2v) is 6.98. The highest BCUT2D eigenvalue weighted by Crippen LogP contribution is 2.30. The van der Waals surface area contributed by atoms with Gasteiger partial charge >= 0.3 is 6.18 Å². The number of amides is 1. The lowest BCUT2D eigenvalue weighted by Crippen LogP contribution is -2.31. The molecule has 25 heavy (non-hydrogen) atoms. The van der Waals surface area contributed by atoms with E-state index >= 15 is 0 Å². The summed E-state index contributed by atoms with van der Waals surface area (Å²) in [6, 6.07) is 9.53. The van der Waals surface area contributed by atoms with Crippen LogP contribution < -0.4 is 4.72 Å². The van der Waals surface area contributed by atoms with E-state index in [-0.39, 0.29) is 16.0 Å². The van der Waals surface area contributed by atoms with Crippen molar-refractivity contribution in [2.24, 2.45) is 0 Å². The predicted molar refractivity (Wildman–Crippen MR) is 87.0 cm³/mol. The van der Waals surface area contributed by atoms with E-state index in [1.807, 2.05) is 4.72 Å². The number of aryl methyl sites for hydroxylation is 1. The van der Waals surface area contributed by atoms with Crippen LogP contribution in [0.1, 0.15) is 16.7 Å². The Morgan fingerprint density at radius 3 is 2.00 bits per heavy atom. The van der Waals surface area contributed by atoms with E-state index in [4.69, 9.17) is 0 Å². The molecule has 1 amide bonds. The number of halogens is 3. The fourth-order valence-electron chi connectivity index (χ4n) is 1.95.